The van der Waals surface area contributed by atoms with Crippen molar-refractivity contribution in [2.75, 3.05) is 0 Å². The first-order valence-electron chi connectivity index (χ1n) is 16.1. The molecule has 0 rings (SSSR count). The third-order valence-electron chi connectivity index (χ3n) is 7.38. The highest BCUT2D eigenvalue weighted by Crippen LogP contribution is 2.54. The van der Waals surface area contributed by atoms with Crippen molar-refractivity contribution in [2.24, 2.45) is 11.8 Å². The Labute approximate surface area is 245 Å². The fourth-order valence-electron chi connectivity index (χ4n) is 4.48. The van der Waals surface area contributed by atoms with Crippen LogP contribution in [-0.2, 0) is 0 Å². The van der Waals surface area contributed by atoms with Gasteiger partial charge < -0.3 is 0 Å². The number of rotatable bonds is 24. The lowest BCUT2D eigenvalue weighted by Crippen LogP contribution is -2.60. The maximum absolute atomic E-state index is 13.4. The second kappa shape index (κ2) is 22.8. The summed E-state index contributed by atoms with van der Waals surface area (Å²) in [6.45, 7) is 11.3. The second-order valence-corrected chi connectivity index (χ2v) is 12.5. The van der Waals surface area contributed by atoms with Gasteiger partial charge in [-0.1, -0.05) is 157 Å². The Hall–Kier alpha value is -0.630. The Balaban J connectivity index is 0. The molecule has 0 amide bonds. The molecule has 9 heteroatoms. The number of alkyl halides is 9. The van der Waals surface area contributed by atoms with Crippen LogP contribution in [0, 0.1) is 11.8 Å². The Morgan fingerprint density at radius 1 is 0.390 bits per heavy atom. The van der Waals surface area contributed by atoms with Gasteiger partial charge in [0.2, 0.25) is 0 Å². The van der Waals surface area contributed by atoms with Crippen LogP contribution in [0.4, 0.5) is 39.5 Å². The van der Waals surface area contributed by atoms with E-state index in [1.807, 2.05) is 0 Å². The lowest BCUT2D eigenvalue weighted by molar-refractivity contribution is -0.396. The number of hydrogen-bond acceptors (Lipinski definition) is 0. The lowest BCUT2D eigenvalue weighted by atomic mass is 9.97. The summed E-state index contributed by atoms with van der Waals surface area (Å²) < 4.78 is 115. The quantitative estimate of drug-likeness (QED) is 0.0749. The lowest BCUT2D eigenvalue weighted by Gasteiger charge is -2.33. The molecule has 0 atom stereocenters. The van der Waals surface area contributed by atoms with Crippen molar-refractivity contribution in [1.82, 2.24) is 0 Å². The average molecular weight is 615 g/mol. The number of unbranched alkanes of at least 4 members (excludes halogenated alkanes) is 17. The van der Waals surface area contributed by atoms with Gasteiger partial charge in [-0.05, 0) is 18.3 Å². The van der Waals surface area contributed by atoms with Crippen LogP contribution in [0.25, 0.3) is 0 Å². The van der Waals surface area contributed by atoms with Crippen LogP contribution in [-0.4, -0.2) is 23.9 Å². The van der Waals surface area contributed by atoms with Crippen LogP contribution < -0.4 is 0 Å². The van der Waals surface area contributed by atoms with Crippen molar-refractivity contribution >= 4 is 0 Å². The standard InChI is InChI=1S/C24H41F9.C8H18/c1-2-3-4-5-6-7-8-9-10-11-12-13-14-15-16-17-18-19-20-21(25,26)22(27,28)23(29,30)24(31,32)33;1-7(2)5-6-8(3)4/h2-20H2,1H3;7-8H,5-6H2,1-4H3. The summed E-state index contributed by atoms with van der Waals surface area (Å²) in [6.07, 6.45) is 11.9. The highest BCUT2D eigenvalue weighted by atomic mass is 19.4. The van der Waals surface area contributed by atoms with Crippen LogP contribution in [0.2, 0.25) is 0 Å². The van der Waals surface area contributed by atoms with Crippen LogP contribution in [0.3, 0.4) is 0 Å². The zero-order chi connectivity index (χ0) is 32.0. The van der Waals surface area contributed by atoms with Gasteiger partial charge in [0.1, 0.15) is 0 Å². The minimum atomic E-state index is -6.78. The van der Waals surface area contributed by atoms with Crippen molar-refractivity contribution in [3.63, 3.8) is 0 Å². The summed E-state index contributed by atoms with van der Waals surface area (Å²) in [7, 11) is 0. The number of halogens is 9. The molecule has 0 N–H and O–H groups in total. The molecule has 0 aromatic rings. The minimum absolute atomic E-state index is 0.0850. The van der Waals surface area contributed by atoms with Gasteiger partial charge in [-0.3, -0.25) is 0 Å². The van der Waals surface area contributed by atoms with E-state index in [-0.39, 0.29) is 6.42 Å². The summed E-state index contributed by atoms with van der Waals surface area (Å²) in [5.41, 5.74) is 0. The van der Waals surface area contributed by atoms with E-state index >= 15 is 0 Å². The maximum atomic E-state index is 13.4. The smallest absolute Gasteiger partial charge is 0.200 e. The Bertz CT molecular complexity index is 576. The summed E-state index contributed by atoms with van der Waals surface area (Å²) in [4.78, 5) is 0. The first kappa shape index (κ1) is 42.5. The van der Waals surface area contributed by atoms with Gasteiger partial charge in [-0.25, -0.2) is 0 Å². The minimum Gasteiger partial charge on any atom is -0.200 e. The largest absolute Gasteiger partial charge is 0.460 e. The topological polar surface area (TPSA) is 0 Å². The molecule has 0 aliphatic rings. The fraction of sp³-hybridized carbons (Fsp3) is 1.00. The van der Waals surface area contributed by atoms with Crippen molar-refractivity contribution in [2.45, 2.75) is 193 Å². The van der Waals surface area contributed by atoms with Crippen molar-refractivity contribution in [3.8, 4) is 0 Å². The zero-order valence-corrected chi connectivity index (χ0v) is 26.4. The molecule has 0 unspecified atom stereocenters. The van der Waals surface area contributed by atoms with Crippen LogP contribution in [0.15, 0.2) is 0 Å². The molecule has 0 radical (unpaired) electrons. The normalized spacial score (nSPS) is 13.2. The van der Waals surface area contributed by atoms with E-state index in [4.69, 9.17) is 0 Å². The van der Waals surface area contributed by atoms with Gasteiger partial charge in [-0.15, -0.1) is 0 Å². The SMILES string of the molecule is CC(C)CCC(C)C.CCCCCCCCCCCCCCCCCCCCC(F)(F)C(F)(F)C(F)(F)C(F)(F)F. The van der Waals surface area contributed by atoms with Gasteiger partial charge in [0, 0.05) is 6.42 Å². The average Bonchev–Trinajstić information content (AvgIpc) is 2.86. The predicted molar refractivity (Wildman–Crippen MR) is 153 cm³/mol. The molecule has 250 valence electrons. The molecular weight excluding hydrogens is 555 g/mol. The Morgan fingerprint density at radius 2 is 0.659 bits per heavy atom. The molecule has 0 fully saturated rings. The second-order valence-electron chi connectivity index (χ2n) is 12.5. The van der Waals surface area contributed by atoms with Crippen LogP contribution in [0.1, 0.15) is 169 Å². The molecule has 0 saturated carbocycles. The van der Waals surface area contributed by atoms with Gasteiger partial charge >= 0.3 is 23.9 Å². The van der Waals surface area contributed by atoms with E-state index in [9.17, 15) is 39.5 Å². The van der Waals surface area contributed by atoms with Crippen molar-refractivity contribution in [3.05, 3.63) is 0 Å². The molecule has 0 nitrogen and oxygen atoms in total. The van der Waals surface area contributed by atoms with Crippen molar-refractivity contribution < 1.29 is 39.5 Å². The maximum Gasteiger partial charge on any atom is 0.460 e. The predicted octanol–water partition coefficient (Wildman–Crippen LogP) is 14.0. The van der Waals surface area contributed by atoms with Crippen molar-refractivity contribution in [1.29, 1.82) is 0 Å². The highest BCUT2D eigenvalue weighted by Gasteiger charge is 2.81. The summed E-state index contributed by atoms with van der Waals surface area (Å²) in [6, 6.07) is 0. The highest BCUT2D eigenvalue weighted by molar-refractivity contribution is 5.00. The third-order valence-corrected chi connectivity index (χ3v) is 7.38. The Kier molecular flexibility index (Phi) is 23.7. The summed E-state index contributed by atoms with van der Waals surface area (Å²) >= 11 is 0. The van der Waals surface area contributed by atoms with Crippen LogP contribution in [0.5, 0.6) is 0 Å². The van der Waals surface area contributed by atoms with E-state index < -0.39 is 36.8 Å². The molecule has 0 saturated heterocycles. The molecule has 0 spiro atoms. The van der Waals surface area contributed by atoms with E-state index in [0.717, 1.165) is 37.5 Å². The zero-order valence-electron chi connectivity index (χ0n) is 26.4. The summed E-state index contributed by atoms with van der Waals surface area (Å²) in [5, 5.41) is 0. The van der Waals surface area contributed by atoms with E-state index in [1.165, 1.54) is 77.0 Å². The van der Waals surface area contributed by atoms with Gasteiger partial charge in [0.05, 0.1) is 0 Å². The van der Waals surface area contributed by atoms with E-state index in [2.05, 4.69) is 34.6 Å². The van der Waals surface area contributed by atoms with Gasteiger partial charge in [0.15, 0.2) is 0 Å². The summed E-state index contributed by atoms with van der Waals surface area (Å²) in [5.74, 6) is -16.9. The Morgan fingerprint density at radius 3 is 0.902 bits per heavy atom. The fourth-order valence-corrected chi connectivity index (χ4v) is 4.48. The third kappa shape index (κ3) is 20.0. The van der Waals surface area contributed by atoms with E-state index in [1.54, 1.807) is 0 Å². The molecule has 0 bridgehead atoms. The van der Waals surface area contributed by atoms with E-state index in [0.29, 0.717) is 12.8 Å². The molecule has 0 aromatic heterocycles. The molecule has 0 aromatic carbocycles. The van der Waals surface area contributed by atoms with Gasteiger partial charge in [-0.2, -0.15) is 39.5 Å². The van der Waals surface area contributed by atoms with Gasteiger partial charge in [0.25, 0.3) is 0 Å². The molecular formula is C32H59F9. The molecule has 41 heavy (non-hydrogen) atoms. The molecule has 0 heterocycles. The number of hydrogen-bond donors (Lipinski definition) is 0. The first-order chi connectivity index (χ1) is 18.9. The van der Waals surface area contributed by atoms with Crippen LogP contribution >= 0.6 is 0 Å². The molecule has 0 aliphatic heterocycles. The molecule has 0 aliphatic carbocycles. The first-order valence-corrected chi connectivity index (χ1v) is 16.1. The monoisotopic (exact) mass is 614 g/mol.